The number of methoxy groups -OCH3 is 1. The molecule has 3 rings (SSSR count). The van der Waals surface area contributed by atoms with Crippen LogP contribution in [0.3, 0.4) is 0 Å². The number of alkyl halides is 3. The minimum absolute atomic E-state index is 0.0502. The number of nitrogens with zero attached hydrogens (tertiary/aromatic N) is 3. The number of rotatable bonds is 4. The van der Waals surface area contributed by atoms with Crippen LogP contribution >= 0.6 is 23.2 Å². The summed E-state index contributed by atoms with van der Waals surface area (Å²) in [6.07, 6.45) is -5.07. The Morgan fingerprint density at radius 1 is 1.37 bits per heavy atom. The van der Waals surface area contributed by atoms with Crippen molar-refractivity contribution in [3.8, 4) is 5.75 Å². The summed E-state index contributed by atoms with van der Waals surface area (Å²) in [6.45, 7) is 1.36. The van der Waals surface area contributed by atoms with Gasteiger partial charge in [0.05, 0.1) is 29.0 Å². The first-order chi connectivity index (χ1) is 14.0. The molecule has 30 heavy (non-hydrogen) atoms. The van der Waals surface area contributed by atoms with E-state index in [4.69, 9.17) is 27.9 Å². The third-order valence-electron chi connectivity index (χ3n) is 5.22. The summed E-state index contributed by atoms with van der Waals surface area (Å²) < 4.78 is 45.0. The normalized spacial score (nSPS) is 19.8. The van der Waals surface area contributed by atoms with E-state index in [1.165, 1.54) is 18.9 Å². The first kappa shape index (κ1) is 22.7. The number of amides is 1. The Morgan fingerprint density at radius 2 is 2.07 bits per heavy atom. The molecule has 1 N–H and O–H groups in total. The van der Waals surface area contributed by atoms with Crippen LogP contribution in [0.15, 0.2) is 18.2 Å². The highest BCUT2D eigenvalue weighted by Crippen LogP contribution is 2.36. The van der Waals surface area contributed by atoms with E-state index in [9.17, 15) is 23.1 Å². The Balaban J connectivity index is 1.69. The smallest absolute Gasteiger partial charge is 0.436 e. The number of aliphatic hydroxyl groups excluding tert-OH is 1. The molecule has 2 heterocycles. The van der Waals surface area contributed by atoms with Crippen molar-refractivity contribution in [2.75, 3.05) is 20.2 Å². The number of aromatic nitrogens is 2. The fourth-order valence-electron chi connectivity index (χ4n) is 3.54. The second kappa shape index (κ2) is 8.64. The molecule has 1 fully saturated rings. The zero-order chi connectivity index (χ0) is 22.2. The summed E-state index contributed by atoms with van der Waals surface area (Å²) in [5.74, 6) is -0.179. The Hall–Kier alpha value is -1.97. The molecule has 1 amide bonds. The Kier molecular flexibility index (Phi) is 6.54. The maximum absolute atomic E-state index is 13.0. The molecule has 0 radical (unpaired) electrons. The lowest BCUT2D eigenvalue weighted by Crippen LogP contribution is -2.47. The van der Waals surface area contributed by atoms with Gasteiger partial charge in [0.2, 0.25) is 5.91 Å². The molecule has 11 heteroatoms. The summed E-state index contributed by atoms with van der Waals surface area (Å²) in [4.78, 5) is 14.0. The minimum Gasteiger partial charge on any atom is -0.495 e. The molecular formula is C19H20Cl2F3N3O3. The molecule has 1 aromatic heterocycles. The quantitative estimate of drug-likeness (QED) is 0.743. The first-order valence-electron chi connectivity index (χ1n) is 9.12. The predicted molar refractivity (Wildman–Crippen MR) is 105 cm³/mol. The number of halogens is 5. The maximum Gasteiger partial charge on any atom is 0.436 e. The SMILES string of the molecule is COc1cc(C2CCN(C(=O)Cn3nc(C(F)(F)F)c(Cl)c3C)CC2O)ccc1Cl. The molecule has 2 atom stereocenters. The van der Waals surface area contributed by atoms with Crippen molar-refractivity contribution in [3.05, 3.63) is 45.2 Å². The van der Waals surface area contributed by atoms with E-state index in [0.717, 1.165) is 10.2 Å². The average Bonchev–Trinajstić information content (AvgIpc) is 2.97. The Morgan fingerprint density at radius 3 is 2.63 bits per heavy atom. The Labute approximate surface area is 181 Å². The van der Waals surface area contributed by atoms with Gasteiger partial charge < -0.3 is 14.7 Å². The van der Waals surface area contributed by atoms with Crippen LogP contribution < -0.4 is 4.74 Å². The lowest BCUT2D eigenvalue weighted by Gasteiger charge is -2.36. The van der Waals surface area contributed by atoms with Crippen molar-refractivity contribution in [3.63, 3.8) is 0 Å². The van der Waals surface area contributed by atoms with Crippen molar-refractivity contribution >= 4 is 29.1 Å². The van der Waals surface area contributed by atoms with Gasteiger partial charge in [-0.15, -0.1) is 0 Å². The lowest BCUT2D eigenvalue weighted by molar-refractivity contribution is -0.142. The molecular weight excluding hydrogens is 446 g/mol. The van der Waals surface area contributed by atoms with Gasteiger partial charge in [-0.1, -0.05) is 29.3 Å². The van der Waals surface area contributed by atoms with Crippen molar-refractivity contribution in [1.29, 1.82) is 0 Å². The van der Waals surface area contributed by atoms with Gasteiger partial charge in [0.15, 0.2) is 5.69 Å². The molecule has 0 aliphatic carbocycles. The number of carbonyl (C=O) groups excluding carboxylic acids is 1. The number of aliphatic hydroxyl groups is 1. The number of carbonyl (C=O) groups is 1. The summed E-state index contributed by atoms with van der Waals surface area (Å²) in [5, 5.41) is 14.0. The second-order valence-corrected chi connectivity index (χ2v) is 7.88. The summed E-state index contributed by atoms with van der Waals surface area (Å²) >= 11 is 11.8. The number of hydrogen-bond acceptors (Lipinski definition) is 4. The van der Waals surface area contributed by atoms with Crippen LogP contribution in [-0.4, -0.2) is 52.0 Å². The molecule has 2 unspecified atom stereocenters. The summed E-state index contributed by atoms with van der Waals surface area (Å²) in [6, 6.07) is 5.23. The summed E-state index contributed by atoms with van der Waals surface area (Å²) in [5.41, 5.74) is -0.327. The third kappa shape index (κ3) is 4.53. The van der Waals surface area contributed by atoms with Gasteiger partial charge in [-0.3, -0.25) is 9.48 Å². The van der Waals surface area contributed by atoms with Crippen molar-refractivity contribution in [2.24, 2.45) is 0 Å². The van der Waals surface area contributed by atoms with Crippen molar-refractivity contribution in [2.45, 2.75) is 38.1 Å². The maximum atomic E-state index is 13.0. The molecule has 0 saturated carbocycles. The highest BCUT2D eigenvalue weighted by Gasteiger charge is 2.39. The minimum atomic E-state index is -4.70. The zero-order valence-corrected chi connectivity index (χ0v) is 17.7. The van der Waals surface area contributed by atoms with Crippen LogP contribution in [-0.2, 0) is 17.5 Å². The zero-order valence-electron chi connectivity index (χ0n) is 16.2. The average molecular weight is 466 g/mol. The molecule has 0 spiro atoms. The number of piperidine rings is 1. The van der Waals surface area contributed by atoms with E-state index >= 15 is 0 Å². The number of benzene rings is 1. The van der Waals surface area contributed by atoms with E-state index in [0.29, 0.717) is 23.7 Å². The largest absolute Gasteiger partial charge is 0.495 e. The molecule has 1 aliphatic heterocycles. The van der Waals surface area contributed by atoms with Gasteiger partial charge in [-0.05, 0) is 31.0 Å². The first-order valence-corrected chi connectivity index (χ1v) is 9.88. The Bertz CT molecular complexity index is 949. The lowest BCUT2D eigenvalue weighted by atomic mass is 9.87. The fraction of sp³-hybridized carbons (Fsp3) is 0.474. The monoisotopic (exact) mass is 465 g/mol. The van der Waals surface area contributed by atoms with Crippen LogP contribution in [0.5, 0.6) is 5.75 Å². The number of ether oxygens (including phenoxy) is 1. The van der Waals surface area contributed by atoms with Crippen molar-refractivity contribution < 1.29 is 27.8 Å². The van der Waals surface area contributed by atoms with E-state index in [1.807, 2.05) is 0 Å². The van der Waals surface area contributed by atoms with Gasteiger partial charge in [0.1, 0.15) is 12.3 Å². The van der Waals surface area contributed by atoms with E-state index in [1.54, 1.807) is 18.2 Å². The van der Waals surface area contributed by atoms with Crippen LogP contribution in [0.4, 0.5) is 13.2 Å². The number of likely N-dealkylation sites (tertiary alicyclic amines) is 1. The van der Waals surface area contributed by atoms with Gasteiger partial charge in [0.25, 0.3) is 0 Å². The van der Waals surface area contributed by atoms with E-state index in [-0.39, 0.29) is 18.2 Å². The van der Waals surface area contributed by atoms with E-state index < -0.39 is 35.4 Å². The van der Waals surface area contributed by atoms with Gasteiger partial charge in [0, 0.05) is 19.0 Å². The predicted octanol–water partition coefficient (Wildman–Crippen LogP) is 3.90. The summed E-state index contributed by atoms with van der Waals surface area (Å²) in [7, 11) is 1.50. The van der Waals surface area contributed by atoms with Crippen LogP contribution in [0.1, 0.15) is 29.3 Å². The van der Waals surface area contributed by atoms with Crippen molar-refractivity contribution in [1.82, 2.24) is 14.7 Å². The molecule has 2 aromatic rings. The second-order valence-electron chi connectivity index (χ2n) is 7.10. The fourth-order valence-corrected chi connectivity index (χ4v) is 3.98. The molecule has 1 saturated heterocycles. The van der Waals surface area contributed by atoms with E-state index in [2.05, 4.69) is 5.10 Å². The third-order valence-corrected chi connectivity index (χ3v) is 5.99. The molecule has 6 nitrogen and oxygen atoms in total. The molecule has 0 bridgehead atoms. The number of β-amino-alcohol motifs (C(OH)–C–C–N with tert-alkyl or cyclic N) is 1. The van der Waals surface area contributed by atoms with Crippen LogP contribution in [0, 0.1) is 6.92 Å². The van der Waals surface area contributed by atoms with Crippen LogP contribution in [0.2, 0.25) is 10.0 Å². The number of hydrogen-bond donors (Lipinski definition) is 1. The van der Waals surface area contributed by atoms with Crippen LogP contribution in [0.25, 0.3) is 0 Å². The highest BCUT2D eigenvalue weighted by molar-refractivity contribution is 6.32. The van der Waals surface area contributed by atoms with Gasteiger partial charge >= 0.3 is 6.18 Å². The van der Waals surface area contributed by atoms with Gasteiger partial charge in [-0.2, -0.15) is 18.3 Å². The topological polar surface area (TPSA) is 67.6 Å². The van der Waals surface area contributed by atoms with Gasteiger partial charge in [-0.25, -0.2) is 0 Å². The molecule has 164 valence electrons. The highest BCUT2D eigenvalue weighted by atomic mass is 35.5. The molecule has 1 aliphatic rings. The molecule has 1 aromatic carbocycles. The standard InChI is InChI=1S/C19H20Cl2F3N3O3/c1-10-17(21)18(19(22,23)24)25-27(10)9-16(29)26-6-5-12(14(28)8-26)11-3-4-13(20)15(7-11)30-2/h3-4,7,12,14,28H,5-6,8-9H2,1-2H3.